The zero-order valence-electron chi connectivity index (χ0n) is 11.2. The number of anilines is 1. The minimum Gasteiger partial charge on any atom is -0.495 e. The third kappa shape index (κ3) is 2.76. The Morgan fingerprint density at radius 1 is 1.50 bits per heavy atom. The highest BCUT2D eigenvalue weighted by Gasteiger charge is 2.20. The van der Waals surface area contributed by atoms with Crippen molar-refractivity contribution in [2.75, 3.05) is 25.6 Å². The average molecular weight is 271 g/mol. The maximum Gasteiger partial charge on any atom is 0.228 e. The molecule has 0 radical (unpaired) electrons. The number of ether oxygens (including phenoxy) is 1. The second-order valence-corrected chi connectivity index (χ2v) is 4.55. The van der Waals surface area contributed by atoms with Crippen molar-refractivity contribution in [2.24, 2.45) is 5.73 Å². The number of hydrogen-bond donors (Lipinski definition) is 1. The molecule has 0 aliphatic heterocycles. The molecule has 0 fully saturated rings. The lowest BCUT2D eigenvalue weighted by molar-refractivity contribution is -0.118. The third-order valence-electron chi connectivity index (χ3n) is 2.90. The first-order valence-corrected chi connectivity index (χ1v) is 6.12. The summed E-state index contributed by atoms with van der Waals surface area (Å²) in [6, 6.07) is 1.83. The number of carbonyl (C=O) groups excluding carboxylic acids is 1. The van der Waals surface area contributed by atoms with Crippen molar-refractivity contribution in [3.8, 4) is 5.75 Å². The van der Waals surface area contributed by atoms with Gasteiger partial charge < -0.3 is 15.4 Å². The number of methoxy groups -OCH3 is 1. The van der Waals surface area contributed by atoms with Crippen LogP contribution in [0.15, 0.2) is 6.07 Å². The fraction of sp³-hybridized carbons (Fsp3) is 0.462. The largest absolute Gasteiger partial charge is 0.495 e. The van der Waals surface area contributed by atoms with E-state index in [1.807, 2.05) is 19.9 Å². The predicted octanol–water partition coefficient (Wildman–Crippen LogP) is 2.28. The number of benzene rings is 1. The smallest absolute Gasteiger partial charge is 0.228 e. The van der Waals surface area contributed by atoms with Crippen LogP contribution in [0.5, 0.6) is 5.75 Å². The Morgan fingerprint density at radius 3 is 2.61 bits per heavy atom. The fourth-order valence-corrected chi connectivity index (χ4v) is 2.05. The lowest BCUT2D eigenvalue weighted by Crippen LogP contribution is -2.29. The quantitative estimate of drug-likeness (QED) is 0.913. The van der Waals surface area contributed by atoms with Gasteiger partial charge >= 0.3 is 0 Å². The van der Waals surface area contributed by atoms with Crippen molar-refractivity contribution in [3.63, 3.8) is 0 Å². The molecule has 0 saturated carbocycles. The van der Waals surface area contributed by atoms with Crippen LogP contribution in [0.1, 0.15) is 17.5 Å². The van der Waals surface area contributed by atoms with Crippen LogP contribution in [0.3, 0.4) is 0 Å². The molecule has 1 aromatic carbocycles. The van der Waals surface area contributed by atoms with Crippen LogP contribution in [-0.4, -0.2) is 26.6 Å². The third-order valence-corrected chi connectivity index (χ3v) is 3.48. The van der Waals surface area contributed by atoms with Crippen LogP contribution in [0.25, 0.3) is 0 Å². The van der Waals surface area contributed by atoms with Crippen molar-refractivity contribution >= 4 is 23.2 Å². The Morgan fingerprint density at radius 2 is 2.11 bits per heavy atom. The van der Waals surface area contributed by atoms with Crippen molar-refractivity contribution in [3.05, 3.63) is 22.2 Å². The van der Waals surface area contributed by atoms with Gasteiger partial charge in [-0.1, -0.05) is 11.6 Å². The van der Waals surface area contributed by atoms with Crippen LogP contribution in [0, 0.1) is 13.8 Å². The SMILES string of the molecule is COc1cc(C)c(Cl)c(C)c1N(C)C(=O)CCN. The molecule has 0 aliphatic rings. The molecule has 1 amide bonds. The van der Waals surface area contributed by atoms with Crippen LogP contribution in [-0.2, 0) is 4.79 Å². The minimum atomic E-state index is -0.0566. The standard InChI is InChI=1S/C13H19ClN2O2/c1-8-7-10(18-4)13(9(2)12(8)14)16(3)11(17)5-6-15/h7H,5-6,15H2,1-4H3. The number of rotatable bonds is 4. The van der Waals surface area contributed by atoms with Gasteiger partial charge in [-0.3, -0.25) is 4.79 Å². The number of halogens is 1. The van der Waals surface area contributed by atoms with Crippen LogP contribution in [0.4, 0.5) is 5.69 Å². The molecular formula is C13H19ClN2O2. The molecule has 5 heteroatoms. The number of amides is 1. The van der Waals surface area contributed by atoms with Gasteiger partial charge in [-0.15, -0.1) is 0 Å². The molecule has 0 saturated heterocycles. The van der Waals surface area contributed by atoms with Crippen LogP contribution < -0.4 is 15.4 Å². The van der Waals surface area contributed by atoms with Gasteiger partial charge in [0.25, 0.3) is 0 Å². The summed E-state index contributed by atoms with van der Waals surface area (Å²) < 4.78 is 5.33. The Balaban J connectivity index is 3.30. The number of nitrogens with zero attached hydrogens (tertiary/aromatic N) is 1. The van der Waals surface area contributed by atoms with E-state index >= 15 is 0 Å². The molecule has 100 valence electrons. The number of nitrogens with two attached hydrogens (primary N) is 1. The Kier molecular flexibility index (Phi) is 4.99. The van der Waals surface area contributed by atoms with E-state index in [4.69, 9.17) is 22.1 Å². The first kappa shape index (κ1) is 14.8. The molecule has 1 aromatic rings. The molecule has 0 atom stereocenters. The van der Waals surface area contributed by atoms with Gasteiger partial charge in [-0.2, -0.15) is 0 Å². The molecule has 0 unspecified atom stereocenters. The topological polar surface area (TPSA) is 55.6 Å². The summed E-state index contributed by atoms with van der Waals surface area (Å²) in [7, 11) is 3.28. The lowest BCUT2D eigenvalue weighted by Gasteiger charge is -2.23. The van der Waals surface area contributed by atoms with Crippen LogP contribution >= 0.6 is 11.6 Å². The van der Waals surface area contributed by atoms with E-state index in [-0.39, 0.29) is 5.91 Å². The van der Waals surface area contributed by atoms with Gasteiger partial charge in [0.15, 0.2) is 0 Å². The summed E-state index contributed by atoms with van der Waals surface area (Å²) >= 11 is 6.22. The highest BCUT2D eigenvalue weighted by Crippen LogP contribution is 2.38. The van der Waals surface area contributed by atoms with Crippen molar-refractivity contribution in [2.45, 2.75) is 20.3 Å². The molecule has 0 aliphatic carbocycles. The Bertz CT molecular complexity index is 461. The summed E-state index contributed by atoms with van der Waals surface area (Å²) in [5, 5.41) is 0.651. The van der Waals surface area contributed by atoms with E-state index in [2.05, 4.69) is 0 Å². The van der Waals surface area contributed by atoms with Crippen molar-refractivity contribution in [1.29, 1.82) is 0 Å². The maximum atomic E-state index is 11.9. The summed E-state index contributed by atoms with van der Waals surface area (Å²) in [4.78, 5) is 13.5. The number of carbonyl (C=O) groups is 1. The molecule has 18 heavy (non-hydrogen) atoms. The van der Waals surface area contributed by atoms with Gasteiger partial charge in [0.2, 0.25) is 5.91 Å². The predicted molar refractivity (Wildman–Crippen MR) is 74.6 cm³/mol. The average Bonchev–Trinajstić information content (AvgIpc) is 2.35. The first-order chi connectivity index (χ1) is 8.43. The molecule has 4 nitrogen and oxygen atoms in total. The normalized spacial score (nSPS) is 10.3. The van der Waals surface area contributed by atoms with Gasteiger partial charge in [0.1, 0.15) is 5.75 Å². The van der Waals surface area contributed by atoms with E-state index in [0.717, 1.165) is 11.1 Å². The molecule has 2 N–H and O–H groups in total. The molecule has 0 spiro atoms. The lowest BCUT2D eigenvalue weighted by atomic mass is 10.1. The van der Waals surface area contributed by atoms with Gasteiger partial charge in [0, 0.05) is 25.0 Å². The molecular weight excluding hydrogens is 252 g/mol. The molecule has 0 aromatic heterocycles. The molecule has 0 bridgehead atoms. The van der Waals surface area contributed by atoms with Gasteiger partial charge in [0.05, 0.1) is 12.8 Å². The minimum absolute atomic E-state index is 0.0566. The van der Waals surface area contributed by atoms with E-state index in [1.165, 1.54) is 0 Å². The summed E-state index contributed by atoms with van der Waals surface area (Å²) in [6.45, 7) is 4.10. The number of aryl methyl sites for hydroxylation is 1. The summed E-state index contributed by atoms with van der Waals surface area (Å²) in [5.41, 5.74) is 7.86. The number of hydrogen-bond acceptors (Lipinski definition) is 3. The molecule has 0 heterocycles. The Hall–Kier alpha value is -1.26. The van der Waals surface area contributed by atoms with Gasteiger partial charge in [-0.05, 0) is 31.0 Å². The summed E-state index contributed by atoms with van der Waals surface area (Å²) in [6.07, 6.45) is 0.296. The van der Waals surface area contributed by atoms with Crippen molar-refractivity contribution < 1.29 is 9.53 Å². The van der Waals surface area contributed by atoms with E-state index in [0.29, 0.717) is 29.4 Å². The second kappa shape index (κ2) is 6.07. The van der Waals surface area contributed by atoms with E-state index in [1.54, 1.807) is 19.1 Å². The highest BCUT2D eigenvalue weighted by atomic mass is 35.5. The van der Waals surface area contributed by atoms with Crippen molar-refractivity contribution in [1.82, 2.24) is 0 Å². The zero-order chi connectivity index (χ0) is 13.9. The fourth-order valence-electron chi connectivity index (χ4n) is 1.90. The van der Waals surface area contributed by atoms with Crippen LogP contribution in [0.2, 0.25) is 5.02 Å². The van der Waals surface area contributed by atoms with Gasteiger partial charge in [-0.25, -0.2) is 0 Å². The maximum absolute atomic E-state index is 11.9. The van der Waals surface area contributed by atoms with E-state index in [9.17, 15) is 4.79 Å². The summed E-state index contributed by atoms with van der Waals surface area (Å²) in [5.74, 6) is 0.584. The highest BCUT2D eigenvalue weighted by molar-refractivity contribution is 6.32. The zero-order valence-corrected chi connectivity index (χ0v) is 12.0. The Labute approximate surface area is 113 Å². The monoisotopic (exact) mass is 270 g/mol. The molecule has 1 rings (SSSR count). The second-order valence-electron chi connectivity index (χ2n) is 4.17. The first-order valence-electron chi connectivity index (χ1n) is 5.74. The van der Waals surface area contributed by atoms with E-state index < -0.39 is 0 Å².